The molecule has 6 nitrogen and oxygen atoms in total. The summed E-state index contributed by atoms with van der Waals surface area (Å²) in [7, 11) is 0. The Morgan fingerprint density at radius 3 is 2.65 bits per heavy atom. The lowest BCUT2D eigenvalue weighted by Gasteiger charge is -2.16. The Morgan fingerprint density at radius 2 is 1.94 bits per heavy atom. The molecule has 0 radical (unpaired) electrons. The van der Waals surface area contributed by atoms with E-state index in [2.05, 4.69) is 24.1 Å². The van der Waals surface area contributed by atoms with Gasteiger partial charge < -0.3 is 5.32 Å². The summed E-state index contributed by atoms with van der Waals surface area (Å²) >= 11 is 2.79. The summed E-state index contributed by atoms with van der Waals surface area (Å²) in [4.78, 5) is 37.4. The Bertz CT molecular complexity index is 1410. The summed E-state index contributed by atoms with van der Waals surface area (Å²) in [6.07, 6.45) is 1.71. The van der Waals surface area contributed by atoms with Crippen LogP contribution >= 0.6 is 23.1 Å². The van der Waals surface area contributed by atoms with Crippen molar-refractivity contribution in [2.75, 3.05) is 11.1 Å². The Morgan fingerprint density at radius 1 is 1.15 bits per heavy atom. The van der Waals surface area contributed by atoms with Crippen LogP contribution in [-0.2, 0) is 11.3 Å². The van der Waals surface area contributed by atoms with Gasteiger partial charge in [-0.3, -0.25) is 19.1 Å². The van der Waals surface area contributed by atoms with Gasteiger partial charge in [0, 0.05) is 16.8 Å². The fourth-order valence-corrected chi connectivity index (χ4v) is 5.73. The fourth-order valence-electron chi connectivity index (χ4n) is 3.86. The number of carbonyl (C=O) groups is 1. The quantitative estimate of drug-likeness (QED) is 0.265. The van der Waals surface area contributed by atoms with Crippen LogP contribution in [0, 0.1) is 20.8 Å². The first-order valence-corrected chi connectivity index (χ1v) is 13.0. The Kier molecular flexibility index (Phi) is 7.19. The molecule has 1 amide bonds. The van der Waals surface area contributed by atoms with Crippen LogP contribution in [0.25, 0.3) is 10.2 Å². The number of benzene rings is 1. The topological polar surface area (TPSA) is 76.9 Å². The summed E-state index contributed by atoms with van der Waals surface area (Å²) in [5, 5.41) is 4.25. The smallest absolute Gasteiger partial charge is 0.263 e. The van der Waals surface area contributed by atoms with Crippen LogP contribution in [0.15, 0.2) is 52.5 Å². The van der Waals surface area contributed by atoms with E-state index in [1.54, 1.807) is 10.8 Å². The molecule has 0 aliphatic carbocycles. The molecule has 0 unspecified atom stereocenters. The highest BCUT2D eigenvalue weighted by atomic mass is 32.2. The molecule has 0 bridgehead atoms. The number of thioether (sulfide) groups is 1. The van der Waals surface area contributed by atoms with Gasteiger partial charge in [0.2, 0.25) is 5.91 Å². The van der Waals surface area contributed by atoms with E-state index in [1.165, 1.54) is 23.1 Å². The van der Waals surface area contributed by atoms with E-state index < -0.39 is 0 Å². The van der Waals surface area contributed by atoms with Crippen molar-refractivity contribution in [3.63, 3.8) is 0 Å². The van der Waals surface area contributed by atoms with E-state index >= 15 is 0 Å². The van der Waals surface area contributed by atoms with Crippen molar-refractivity contribution in [2.24, 2.45) is 0 Å². The average molecular weight is 493 g/mol. The number of para-hydroxylation sites is 1. The number of anilines is 1. The largest absolute Gasteiger partial charge is 0.325 e. The number of aromatic nitrogens is 3. The van der Waals surface area contributed by atoms with Crippen molar-refractivity contribution < 1.29 is 4.79 Å². The van der Waals surface area contributed by atoms with Crippen LogP contribution in [-0.4, -0.2) is 26.2 Å². The normalized spacial score (nSPS) is 11.4. The predicted octanol–water partition coefficient (Wildman–Crippen LogP) is 5.68. The van der Waals surface area contributed by atoms with Crippen LogP contribution in [0.4, 0.5) is 5.69 Å². The molecule has 0 saturated heterocycles. The molecule has 3 heterocycles. The molecule has 0 atom stereocenters. The summed E-state index contributed by atoms with van der Waals surface area (Å²) < 4.78 is 1.63. The number of hydrogen-bond donors (Lipinski definition) is 1. The number of nitrogens with zero attached hydrogens (tertiary/aromatic N) is 3. The molecule has 0 aliphatic rings. The number of amides is 1. The van der Waals surface area contributed by atoms with Gasteiger partial charge in [-0.2, -0.15) is 0 Å². The van der Waals surface area contributed by atoms with Crippen LogP contribution < -0.4 is 10.9 Å². The second kappa shape index (κ2) is 10.1. The average Bonchev–Trinajstić information content (AvgIpc) is 3.09. The minimum atomic E-state index is -0.126. The maximum Gasteiger partial charge on any atom is 0.263 e. The number of hydrogen-bond acceptors (Lipinski definition) is 6. The molecule has 0 saturated carbocycles. The Hall–Kier alpha value is -2.97. The van der Waals surface area contributed by atoms with Crippen molar-refractivity contribution in [2.45, 2.75) is 52.2 Å². The van der Waals surface area contributed by atoms with Crippen molar-refractivity contribution in [3.8, 4) is 0 Å². The molecule has 1 N–H and O–H groups in total. The number of carbonyl (C=O) groups excluding carboxylic acids is 1. The van der Waals surface area contributed by atoms with Crippen molar-refractivity contribution >= 4 is 44.9 Å². The number of pyridine rings is 1. The van der Waals surface area contributed by atoms with Gasteiger partial charge in [0.25, 0.3) is 5.56 Å². The zero-order chi connectivity index (χ0) is 24.4. The molecule has 176 valence electrons. The third-order valence-electron chi connectivity index (χ3n) is 5.82. The Balaban J connectivity index is 1.64. The van der Waals surface area contributed by atoms with Crippen LogP contribution in [0.1, 0.15) is 47.0 Å². The van der Waals surface area contributed by atoms with Crippen LogP contribution in [0.5, 0.6) is 0 Å². The third-order valence-corrected chi connectivity index (χ3v) is 7.90. The summed E-state index contributed by atoms with van der Waals surface area (Å²) in [5.74, 6) is 0.314. The van der Waals surface area contributed by atoms with Gasteiger partial charge in [-0.05, 0) is 55.5 Å². The minimum absolute atomic E-state index is 0.0959. The predicted molar refractivity (Wildman–Crippen MR) is 141 cm³/mol. The van der Waals surface area contributed by atoms with E-state index in [-0.39, 0.29) is 17.2 Å². The van der Waals surface area contributed by atoms with E-state index in [0.717, 1.165) is 32.9 Å². The standard InChI is InChI=1S/C26H28N4O2S2/c1-15(2)20-11-8-9-16(3)23(20)28-21(31)14-33-26-29-24-22(17(4)18(5)34-24)25(32)30(26)13-19-10-6-7-12-27-19/h6-12,15H,13-14H2,1-5H3,(H,28,31). The highest BCUT2D eigenvalue weighted by Gasteiger charge is 2.19. The molecule has 0 fully saturated rings. The first-order chi connectivity index (χ1) is 16.3. The van der Waals surface area contributed by atoms with Crippen LogP contribution in [0.2, 0.25) is 0 Å². The Labute approximate surface area is 207 Å². The molecular formula is C26H28N4O2S2. The highest BCUT2D eigenvalue weighted by Crippen LogP contribution is 2.30. The zero-order valence-electron chi connectivity index (χ0n) is 20.0. The molecular weight excluding hydrogens is 464 g/mol. The molecule has 4 rings (SSSR count). The fraction of sp³-hybridized carbons (Fsp3) is 0.308. The third kappa shape index (κ3) is 4.93. The van der Waals surface area contributed by atoms with Gasteiger partial charge in [0.15, 0.2) is 5.16 Å². The first-order valence-electron chi connectivity index (χ1n) is 11.2. The highest BCUT2D eigenvalue weighted by molar-refractivity contribution is 7.99. The van der Waals surface area contributed by atoms with E-state index in [4.69, 9.17) is 4.98 Å². The molecule has 1 aromatic carbocycles. The van der Waals surface area contributed by atoms with Gasteiger partial charge in [-0.15, -0.1) is 11.3 Å². The molecule has 34 heavy (non-hydrogen) atoms. The lowest BCUT2D eigenvalue weighted by molar-refractivity contribution is -0.113. The number of nitrogens with one attached hydrogen (secondary N) is 1. The maximum atomic E-state index is 13.5. The zero-order valence-corrected chi connectivity index (χ0v) is 21.6. The molecule has 3 aromatic heterocycles. The number of aryl methyl sites for hydroxylation is 3. The van der Waals surface area contributed by atoms with Crippen LogP contribution in [0.3, 0.4) is 0 Å². The summed E-state index contributed by atoms with van der Waals surface area (Å²) in [5.41, 5.74) is 4.63. The lowest BCUT2D eigenvalue weighted by Crippen LogP contribution is -2.25. The summed E-state index contributed by atoms with van der Waals surface area (Å²) in [6.45, 7) is 10.5. The van der Waals surface area contributed by atoms with E-state index in [0.29, 0.717) is 27.8 Å². The van der Waals surface area contributed by atoms with E-state index in [9.17, 15) is 9.59 Å². The van der Waals surface area contributed by atoms with Gasteiger partial charge >= 0.3 is 0 Å². The van der Waals surface area contributed by atoms with Crippen molar-refractivity contribution in [1.29, 1.82) is 0 Å². The van der Waals surface area contributed by atoms with Gasteiger partial charge in [-0.1, -0.05) is 49.9 Å². The van der Waals surface area contributed by atoms with Gasteiger partial charge in [0.1, 0.15) is 4.83 Å². The second-order valence-electron chi connectivity index (χ2n) is 8.60. The minimum Gasteiger partial charge on any atom is -0.325 e. The molecule has 0 spiro atoms. The molecule has 4 aromatic rings. The van der Waals surface area contributed by atoms with Gasteiger partial charge in [0.05, 0.1) is 23.4 Å². The monoisotopic (exact) mass is 492 g/mol. The van der Waals surface area contributed by atoms with Crippen molar-refractivity contribution in [3.05, 3.63) is 80.2 Å². The molecule has 8 heteroatoms. The van der Waals surface area contributed by atoms with Gasteiger partial charge in [-0.25, -0.2) is 4.98 Å². The van der Waals surface area contributed by atoms with E-state index in [1.807, 2.05) is 57.2 Å². The first kappa shape index (κ1) is 24.2. The second-order valence-corrected chi connectivity index (χ2v) is 10.7. The molecule has 0 aliphatic heterocycles. The SMILES string of the molecule is Cc1cccc(C(C)C)c1NC(=O)CSc1nc2sc(C)c(C)c2c(=O)n1Cc1ccccn1. The maximum absolute atomic E-state index is 13.5. The van der Waals surface area contributed by atoms with Crippen molar-refractivity contribution in [1.82, 2.24) is 14.5 Å². The number of fused-ring (bicyclic) bond motifs is 1. The number of thiophene rings is 1. The summed E-state index contributed by atoms with van der Waals surface area (Å²) in [6, 6.07) is 11.7. The lowest BCUT2D eigenvalue weighted by atomic mass is 9.98. The number of rotatable bonds is 7.